The SMILES string of the molecule is CSc1ccc(CNC(=O)CSc2cc(N3CCCCC3)ncn2)cc1. The van der Waals surface area contributed by atoms with Crippen molar-refractivity contribution in [3.8, 4) is 0 Å². The minimum Gasteiger partial charge on any atom is -0.356 e. The van der Waals surface area contributed by atoms with E-state index in [1.54, 1.807) is 18.1 Å². The summed E-state index contributed by atoms with van der Waals surface area (Å²) in [4.78, 5) is 24.3. The van der Waals surface area contributed by atoms with Gasteiger partial charge in [-0.2, -0.15) is 0 Å². The molecule has 5 nitrogen and oxygen atoms in total. The fourth-order valence-electron chi connectivity index (χ4n) is 2.84. The van der Waals surface area contributed by atoms with Gasteiger partial charge in [-0.25, -0.2) is 9.97 Å². The number of thioether (sulfide) groups is 2. The molecule has 2 aromatic rings. The quantitative estimate of drug-likeness (QED) is 0.578. The van der Waals surface area contributed by atoms with Gasteiger partial charge in [-0.1, -0.05) is 23.9 Å². The van der Waals surface area contributed by atoms with Crippen LogP contribution in [0.3, 0.4) is 0 Å². The molecule has 7 heteroatoms. The van der Waals surface area contributed by atoms with E-state index in [0.29, 0.717) is 12.3 Å². The monoisotopic (exact) mass is 388 g/mol. The lowest BCUT2D eigenvalue weighted by molar-refractivity contribution is -0.118. The second kappa shape index (κ2) is 9.83. The average molecular weight is 389 g/mol. The van der Waals surface area contributed by atoms with Crippen LogP contribution in [0.15, 0.2) is 46.6 Å². The standard InChI is InChI=1S/C19H24N4OS2/c1-25-16-7-5-15(6-8-16)12-20-18(24)13-26-19-11-17(21-14-22-19)23-9-3-2-4-10-23/h5-8,11,14H,2-4,9-10,12-13H2,1H3,(H,20,24). The summed E-state index contributed by atoms with van der Waals surface area (Å²) in [6.07, 6.45) is 7.37. The number of nitrogens with one attached hydrogen (secondary N) is 1. The number of aromatic nitrogens is 2. The molecule has 0 atom stereocenters. The molecule has 1 aromatic carbocycles. The number of rotatable bonds is 7. The van der Waals surface area contributed by atoms with Crippen LogP contribution in [-0.2, 0) is 11.3 Å². The van der Waals surface area contributed by atoms with Gasteiger partial charge in [0.25, 0.3) is 0 Å². The average Bonchev–Trinajstić information content (AvgIpc) is 2.72. The summed E-state index contributed by atoms with van der Waals surface area (Å²) in [5.41, 5.74) is 1.11. The van der Waals surface area contributed by atoms with Crippen LogP contribution in [0.4, 0.5) is 5.82 Å². The van der Waals surface area contributed by atoms with Crippen LogP contribution in [0.25, 0.3) is 0 Å². The number of anilines is 1. The fourth-order valence-corrected chi connectivity index (χ4v) is 3.94. The summed E-state index contributed by atoms with van der Waals surface area (Å²) in [5, 5.41) is 3.81. The van der Waals surface area contributed by atoms with E-state index in [1.165, 1.54) is 35.9 Å². The topological polar surface area (TPSA) is 58.1 Å². The molecule has 1 fully saturated rings. The third kappa shape index (κ3) is 5.64. The lowest BCUT2D eigenvalue weighted by atomic mass is 10.1. The number of amides is 1. The highest BCUT2D eigenvalue weighted by Gasteiger charge is 2.13. The number of hydrogen-bond donors (Lipinski definition) is 1. The van der Waals surface area contributed by atoms with Crippen molar-refractivity contribution >= 4 is 35.2 Å². The number of carbonyl (C=O) groups excluding carboxylic acids is 1. The molecule has 1 N–H and O–H groups in total. The Balaban J connectivity index is 1.46. The molecule has 0 spiro atoms. The van der Waals surface area contributed by atoms with Crippen molar-refractivity contribution in [2.75, 3.05) is 30.0 Å². The maximum atomic E-state index is 12.1. The van der Waals surface area contributed by atoms with Crippen LogP contribution in [0.5, 0.6) is 0 Å². The van der Waals surface area contributed by atoms with Gasteiger partial charge >= 0.3 is 0 Å². The highest BCUT2D eigenvalue weighted by molar-refractivity contribution is 7.99. The molecule has 1 aromatic heterocycles. The van der Waals surface area contributed by atoms with Crippen molar-refractivity contribution in [3.63, 3.8) is 0 Å². The molecule has 3 rings (SSSR count). The number of piperidine rings is 1. The molecule has 2 heterocycles. The summed E-state index contributed by atoms with van der Waals surface area (Å²) < 4.78 is 0. The van der Waals surface area contributed by atoms with Gasteiger partial charge in [0.1, 0.15) is 17.2 Å². The number of hydrogen-bond acceptors (Lipinski definition) is 6. The molecular formula is C19H24N4OS2. The normalized spacial score (nSPS) is 14.3. The highest BCUT2D eigenvalue weighted by atomic mass is 32.2. The Morgan fingerprint density at radius 3 is 2.65 bits per heavy atom. The molecular weight excluding hydrogens is 364 g/mol. The van der Waals surface area contributed by atoms with E-state index < -0.39 is 0 Å². The zero-order chi connectivity index (χ0) is 18.2. The zero-order valence-corrected chi connectivity index (χ0v) is 16.6. The van der Waals surface area contributed by atoms with Gasteiger partial charge in [-0.15, -0.1) is 11.8 Å². The van der Waals surface area contributed by atoms with Crippen LogP contribution in [-0.4, -0.2) is 41.0 Å². The highest BCUT2D eigenvalue weighted by Crippen LogP contribution is 2.22. The summed E-state index contributed by atoms with van der Waals surface area (Å²) in [7, 11) is 0. The minimum absolute atomic E-state index is 0.0158. The summed E-state index contributed by atoms with van der Waals surface area (Å²) in [5.74, 6) is 1.35. The molecule has 1 aliphatic rings. The molecule has 0 radical (unpaired) electrons. The maximum absolute atomic E-state index is 12.1. The second-order valence-electron chi connectivity index (χ2n) is 6.18. The molecule has 0 unspecified atom stereocenters. The van der Waals surface area contributed by atoms with Crippen LogP contribution in [0.2, 0.25) is 0 Å². The van der Waals surface area contributed by atoms with E-state index in [2.05, 4.69) is 50.7 Å². The van der Waals surface area contributed by atoms with Crippen molar-refractivity contribution in [3.05, 3.63) is 42.2 Å². The van der Waals surface area contributed by atoms with Crippen molar-refractivity contribution in [1.82, 2.24) is 15.3 Å². The van der Waals surface area contributed by atoms with Gasteiger partial charge in [0, 0.05) is 30.6 Å². The molecule has 26 heavy (non-hydrogen) atoms. The van der Waals surface area contributed by atoms with E-state index in [0.717, 1.165) is 29.5 Å². The Labute approximate surface area is 163 Å². The van der Waals surface area contributed by atoms with E-state index in [1.807, 2.05) is 6.07 Å². The number of nitrogens with zero attached hydrogens (tertiary/aromatic N) is 3. The van der Waals surface area contributed by atoms with E-state index in [4.69, 9.17) is 0 Å². The van der Waals surface area contributed by atoms with Gasteiger partial charge in [-0.05, 0) is 43.2 Å². The number of benzene rings is 1. The van der Waals surface area contributed by atoms with Gasteiger partial charge in [0.2, 0.25) is 5.91 Å². The third-order valence-electron chi connectivity index (χ3n) is 4.31. The van der Waals surface area contributed by atoms with Gasteiger partial charge in [-0.3, -0.25) is 4.79 Å². The summed E-state index contributed by atoms with van der Waals surface area (Å²) in [6, 6.07) is 10.2. The van der Waals surface area contributed by atoms with E-state index in [-0.39, 0.29) is 5.91 Å². The fraction of sp³-hybridized carbons (Fsp3) is 0.421. The van der Waals surface area contributed by atoms with Crippen molar-refractivity contribution in [2.45, 2.75) is 35.7 Å². The Morgan fingerprint density at radius 2 is 1.92 bits per heavy atom. The summed E-state index contributed by atoms with van der Waals surface area (Å²) in [6.45, 7) is 2.66. The molecule has 0 saturated carbocycles. The van der Waals surface area contributed by atoms with Crippen molar-refractivity contribution in [2.24, 2.45) is 0 Å². The first-order chi connectivity index (χ1) is 12.7. The van der Waals surface area contributed by atoms with Crippen molar-refractivity contribution in [1.29, 1.82) is 0 Å². The van der Waals surface area contributed by atoms with Crippen LogP contribution in [0.1, 0.15) is 24.8 Å². The lowest BCUT2D eigenvalue weighted by Gasteiger charge is -2.27. The minimum atomic E-state index is 0.0158. The smallest absolute Gasteiger partial charge is 0.230 e. The second-order valence-corrected chi connectivity index (χ2v) is 8.05. The van der Waals surface area contributed by atoms with E-state index in [9.17, 15) is 4.79 Å². The van der Waals surface area contributed by atoms with Gasteiger partial charge in [0.05, 0.1) is 5.75 Å². The molecule has 138 valence electrons. The van der Waals surface area contributed by atoms with E-state index >= 15 is 0 Å². The largest absolute Gasteiger partial charge is 0.356 e. The Bertz CT molecular complexity index is 718. The molecule has 1 aliphatic heterocycles. The van der Waals surface area contributed by atoms with Gasteiger partial charge in [0.15, 0.2) is 0 Å². The first-order valence-corrected chi connectivity index (χ1v) is 11.0. The Hall–Kier alpha value is -1.73. The molecule has 1 saturated heterocycles. The predicted molar refractivity (Wildman–Crippen MR) is 109 cm³/mol. The lowest BCUT2D eigenvalue weighted by Crippen LogP contribution is -2.30. The first-order valence-electron chi connectivity index (χ1n) is 8.84. The number of carbonyl (C=O) groups is 1. The Morgan fingerprint density at radius 1 is 1.15 bits per heavy atom. The van der Waals surface area contributed by atoms with Gasteiger partial charge < -0.3 is 10.2 Å². The first kappa shape index (κ1) is 19.0. The molecule has 0 aliphatic carbocycles. The molecule has 1 amide bonds. The van der Waals surface area contributed by atoms with Crippen LogP contribution < -0.4 is 10.2 Å². The predicted octanol–water partition coefficient (Wildman–Crippen LogP) is 3.60. The third-order valence-corrected chi connectivity index (χ3v) is 5.98. The van der Waals surface area contributed by atoms with Crippen molar-refractivity contribution < 1.29 is 4.79 Å². The molecule has 0 bridgehead atoms. The van der Waals surface area contributed by atoms with Crippen LogP contribution >= 0.6 is 23.5 Å². The maximum Gasteiger partial charge on any atom is 0.230 e. The Kier molecular flexibility index (Phi) is 7.20. The zero-order valence-electron chi connectivity index (χ0n) is 15.0. The summed E-state index contributed by atoms with van der Waals surface area (Å²) >= 11 is 3.17. The van der Waals surface area contributed by atoms with Crippen LogP contribution in [0, 0.1) is 0 Å².